The predicted octanol–water partition coefficient (Wildman–Crippen LogP) is 4.56. The molecule has 2 aromatic heterocycles. The van der Waals surface area contributed by atoms with Gasteiger partial charge >= 0.3 is 0 Å². The number of amides is 2. The lowest BCUT2D eigenvalue weighted by Gasteiger charge is -2.24. The molecule has 1 atom stereocenters. The van der Waals surface area contributed by atoms with Crippen molar-refractivity contribution in [1.29, 1.82) is 0 Å². The molecule has 2 aromatic carbocycles. The van der Waals surface area contributed by atoms with E-state index in [1.807, 2.05) is 0 Å². The Bertz CT molecular complexity index is 1930. The number of nitrogens with zero attached hydrogens (tertiary/aromatic N) is 4. The number of carbonyl (C=O) groups excluding carboxylic acids is 2. The fourth-order valence-electron chi connectivity index (χ4n) is 5.24. The molecule has 4 N–H and O–H groups in total. The molecule has 0 bridgehead atoms. The number of nitrogens with two attached hydrogens (primary N) is 1. The van der Waals surface area contributed by atoms with Crippen LogP contribution in [0.3, 0.4) is 0 Å². The third-order valence-corrected chi connectivity index (χ3v) is 11.0. The van der Waals surface area contributed by atoms with Gasteiger partial charge in [0, 0.05) is 42.0 Å². The van der Waals surface area contributed by atoms with Crippen LogP contribution in [0.15, 0.2) is 64.7 Å². The van der Waals surface area contributed by atoms with E-state index in [2.05, 4.69) is 20.7 Å². The molecule has 3 heterocycles. The van der Waals surface area contributed by atoms with Gasteiger partial charge in [0.05, 0.1) is 16.9 Å². The predicted molar refractivity (Wildman–Crippen MR) is 181 cm³/mol. The molecule has 4 aromatic rings. The number of ether oxygens (including phenoxy) is 1. The van der Waals surface area contributed by atoms with Crippen molar-refractivity contribution < 1.29 is 22.7 Å². The van der Waals surface area contributed by atoms with Gasteiger partial charge in [-0.25, -0.2) is 13.4 Å². The minimum atomic E-state index is -4.19. The molecule has 0 unspecified atom stereocenters. The Kier molecular flexibility index (Phi) is 10.9. The Hall–Kier alpha value is -3.88. The van der Waals surface area contributed by atoms with Gasteiger partial charge in [-0.15, -0.1) is 0 Å². The highest BCUT2D eigenvalue weighted by atomic mass is 35.5. The zero-order valence-corrected chi connectivity index (χ0v) is 28.3. The van der Waals surface area contributed by atoms with Gasteiger partial charge in [-0.1, -0.05) is 46.9 Å². The number of pyridine rings is 1. The maximum absolute atomic E-state index is 13.9. The van der Waals surface area contributed by atoms with Crippen molar-refractivity contribution in [3.8, 4) is 5.75 Å². The second-order valence-electron chi connectivity index (χ2n) is 10.8. The average Bonchev–Trinajstić information content (AvgIpc) is 3.67. The molecule has 1 aliphatic heterocycles. The molecule has 16 heteroatoms. The van der Waals surface area contributed by atoms with Crippen LogP contribution in [0.25, 0.3) is 5.65 Å². The lowest BCUT2D eigenvalue weighted by molar-refractivity contribution is -0.124. The lowest BCUT2D eigenvalue weighted by atomic mass is 10.1. The Morgan fingerprint density at radius 3 is 2.60 bits per heavy atom. The summed E-state index contributed by atoms with van der Waals surface area (Å²) >= 11 is 19.4. The summed E-state index contributed by atoms with van der Waals surface area (Å²) in [6, 6.07) is 12.1. The molecule has 0 radical (unpaired) electrons. The smallest absolute Gasteiger partial charge is 0.251 e. The van der Waals surface area contributed by atoms with Crippen molar-refractivity contribution >= 4 is 68.5 Å². The normalized spacial score (nSPS) is 15.4. The van der Waals surface area contributed by atoms with Gasteiger partial charge in [0.15, 0.2) is 11.4 Å². The first-order valence-electron chi connectivity index (χ1n) is 14.7. The number of imidazole rings is 1. The maximum atomic E-state index is 13.9. The highest BCUT2D eigenvalue weighted by molar-refractivity contribution is 7.89. The molecule has 0 spiro atoms. The van der Waals surface area contributed by atoms with Crippen molar-refractivity contribution in [2.75, 3.05) is 19.6 Å². The van der Waals surface area contributed by atoms with E-state index in [0.717, 1.165) is 5.56 Å². The Morgan fingerprint density at radius 2 is 1.85 bits per heavy atom. The SMILES string of the molecule is Cc1nc2c(OCc3c(Cl)ccc(S(=O)(=O)N4CCC[C@H]4C(=O)NCCCNC(=O)c4ccc(C=NN)cc4)c3Cl)cccn2c1Cl. The minimum Gasteiger partial charge on any atom is -0.485 e. The van der Waals surface area contributed by atoms with E-state index in [1.54, 1.807) is 53.9 Å². The Labute approximate surface area is 286 Å². The summed E-state index contributed by atoms with van der Waals surface area (Å²) in [5.41, 5.74) is 2.63. The topological polar surface area (TPSA) is 160 Å². The summed E-state index contributed by atoms with van der Waals surface area (Å²) in [7, 11) is -4.19. The van der Waals surface area contributed by atoms with E-state index in [1.165, 1.54) is 22.7 Å². The first-order chi connectivity index (χ1) is 22.5. The van der Waals surface area contributed by atoms with Crippen molar-refractivity contribution in [3.05, 3.63) is 92.3 Å². The quantitative estimate of drug-likeness (QED) is 0.0837. The number of halogens is 3. The number of aryl methyl sites for hydroxylation is 1. The molecule has 0 saturated carbocycles. The van der Waals surface area contributed by atoms with Crippen LogP contribution in [0.4, 0.5) is 0 Å². The van der Waals surface area contributed by atoms with Crippen LogP contribution in [0.1, 0.15) is 46.4 Å². The fraction of sp³-hybridized carbons (Fsp3) is 0.290. The largest absolute Gasteiger partial charge is 0.485 e. The van der Waals surface area contributed by atoms with E-state index in [0.29, 0.717) is 53.6 Å². The molecule has 1 aliphatic rings. The Balaban J connectivity index is 1.20. The van der Waals surface area contributed by atoms with Crippen LogP contribution in [0.2, 0.25) is 15.2 Å². The second-order valence-corrected chi connectivity index (χ2v) is 13.8. The zero-order chi connectivity index (χ0) is 33.7. The number of hydrogen-bond acceptors (Lipinski definition) is 8. The molecule has 1 fully saturated rings. The Morgan fingerprint density at radius 1 is 1.11 bits per heavy atom. The number of hydrogen-bond donors (Lipinski definition) is 3. The number of nitrogens with one attached hydrogen (secondary N) is 2. The summed E-state index contributed by atoms with van der Waals surface area (Å²) < 4.78 is 36.5. The number of aromatic nitrogens is 2. The van der Waals surface area contributed by atoms with Crippen molar-refractivity contribution in [2.45, 2.75) is 43.7 Å². The summed E-state index contributed by atoms with van der Waals surface area (Å²) in [6.07, 6.45) is 4.52. The maximum Gasteiger partial charge on any atom is 0.251 e. The first-order valence-corrected chi connectivity index (χ1v) is 17.2. The molecule has 0 aliphatic carbocycles. The van der Waals surface area contributed by atoms with Crippen LogP contribution in [-0.4, -0.2) is 65.8 Å². The second kappa shape index (κ2) is 14.9. The third kappa shape index (κ3) is 7.49. The van der Waals surface area contributed by atoms with Crippen LogP contribution in [-0.2, 0) is 21.4 Å². The number of benzene rings is 2. The summed E-state index contributed by atoms with van der Waals surface area (Å²) in [6.45, 7) is 2.34. The van der Waals surface area contributed by atoms with Crippen molar-refractivity contribution in [3.63, 3.8) is 0 Å². The average molecular weight is 721 g/mol. The van der Waals surface area contributed by atoms with Crippen LogP contribution in [0, 0.1) is 6.92 Å². The monoisotopic (exact) mass is 719 g/mol. The highest BCUT2D eigenvalue weighted by Crippen LogP contribution is 2.36. The van der Waals surface area contributed by atoms with E-state index in [4.69, 9.17) is 45.4 Å². The molecule has 1 saturated heterocycles. The number of fused-ring (bicyclic) bond motifs is 1. The summed E-state index contributed by atoms with van der Waals surface area (Å²) in [5, 5.41) is 9.61. The molecule has 12 nitrogen and oxygen atoms in total. The zero-order valence-electron chi connectivity index (χ0n) is 25.3. The van der Waals surface area contributed by atoms with Gasteiger partial charge in [0.25, 0.3) is 5.91 Å². The van der Waals surface area contributed by atoms with Gasteiger partial charge in [-0.3, -0.25) is 14.0 Å². The highest BCUT2D eigenvalue weighted by Gasteiger charge is 2.40. The molecule has 2 amide bonds. The van der Waals surface area contributed by atoms with E-state index in [9.17, 15) is 18.0 Å². The number of hydrazone groups is 1. The van der Waals surface area contributed by atoms with E-state index < -0.39 is 22.0 Å². The fourth-order valence-corrected chi connectivity index (χ4v) is 7.94. The first kappa shape index (κ1) is 34.5. The van der Waals surface area contributed by atoms with Gasteiger partial charge in [0.1, 0.15) is 22.7 Å². The van der Waals surface area contributed by atoms with Crippen molar-refractivity contribution in [1.82, 2.24) is 24.3 Å². The number of carbonyl (C=O) groups is 2. The van der Waals surface area contributed by atoms with Crippen molar-refractivity contribution in [2.24, 2.45) is 10.9 Å². The number of sulfonamides is 1. The molecular formula is C31H32Cl3N7O5S. The lowest BCUT2D eigenvalue weighted by Crippen LogP contribution is -2.46. The molecule has 248 valence electrons. The van der Waals surface area contributed by atoms with Crippen LogP contribution >= 0.6 is 34.8 Å². The standard InChI is InChI=1S/C31H32Cl3N7O5S/c1-19-28(34)40-15-3-6-25(29(40)39-19)46-18-22-23(32)11-12-26(27(22)33)47(44,45)41-16-2-5-24(41)31(43)37-14-4-13-36-30(42)21-9-7-20(8-10-21)17-38-35/h3,6-12,15,17,24H,2,4-5,13-14,16,18,35H2,1H3,(H,36,42)(H,37,43)/t24-/m0/s1. The number of rotatable bonds is 12. The third-order valence-electron chi connectivity index (χ3n) is 7.67. The van der Waals surface area contributed by atoms with Crippen LogP contribution < -0.4 is 21.2 Å². The summed E-state index contributed by atoms with van der Waals surface area (Å²) in [4.78, 5) is 29.8. The molecule has 47 heavy (non-hydrogen) atoms. The molecule has 5 rings (SSSR count). The summed E-state index contributed by atoms with van der Waals surface area (Å²) in [5.74, 6) is 4.86. The van der Waals surface area contributed by atoms with Gasteiger partial charge in [-0.2, -0.15) is 9.41 Å². The van der Waals surface area contributed by atoms with Crippen LogP contribution in [0.5, 0.6) is 5.75 Å². The van der Waals surface area contributed by atoms with Gasteiger partial charge < -0.3 is 21.2 Å². The molecular weight excluding hydrogens is 689 g/mol. The van der Waals surface area contributed by atoms with Gasteiger partial charge in [0.2, 0.25) is 15.9 Å². The minimum absolute atomic E-state index is 0.0917. The van der Waals surface area contributed by atoms with E-state index in [-0.39, 0.29) is 46.1 Å². The van der Waals surface area contributed by atoms with Gasteiger partial charge in [-0.05, 0) is 68.1 Å². The van der Waals surface area contributed by atoms with E-state index >= 15 is 0 Å².